The summed E-state index contributed by atoms with van der Waals surface area (Å²) >= 11 is 0. The molecular formula is C8H8N4O. The first-order valence-corrected chi connectivity index (χ1v) is 3.58. The average Bonchev–Trinajstić information content (AvgIpc) is 2.49. The molecule has 1 amide bonds. The molecule has 0 spiro atoms. The molecule has 1 aromatic rings. The predicted molar refractivity (Wildman–Crippen MR) is 46.0 cm³/mol. The SMILES string of the molecule is Cn1cc(C=CC(=O)NC#N)cn1. The van der Waals surface area contributed by atoms with E-state index < -0.39 is 5.91 Å². The van der Waals surface area contributed by atoms with E-state index in [1.165, 1.54) is 12.3 Å². The quantitative estimate of drug-likeness (QED) is 0.392. The minimum absolute atomic E-state index is 0.439. The standard InChI is InChI=1S/C8H8N4O/c1-12-5-7(4-11-12)2-3-8(13)10-6-9/h2-5H,1H3,(H,10,13). The summed E-state index contributed by atoms with van der Waals surface area (Å²) in [5.41, 5.74) is 0.815. The molecule has 0 bridgehead atoms. The molecule has 0 radical (unpaired) electrons. The Hall–Kier alpha value is -2.09. The van der Waals surface area contributed by atoms with Crippen molar-refractivity contribution >= 4 is 12.0 Å². The average molecular weight is 176 g/mol. The molecule has 1 heterocycles. The van der Waals surface area contributed by atoms with Gasteiger partial charge in [0.25, 0.3) is 5.91 Å². The van der Waals surface area contributed by atoms with Gasteiger partial charge in [0.2, 0.25) is 0 Å². The summed E-state index contributed by atoms with van der Waals surface area (Å²) in [6, 6.07) is 0. The van der Waals surface area contributed by atoms with Crippen molar-refractivity contribution in [1.29, 1.82) is 5.26 Å². The van der Waals surface area contributed by atoms with Crippen LogP contribution in [-0.4, -0.2) is 15.7 Å². The molecule has 1 N–H and O–H groups in total. The van der Waals surface area contributed by atoms with Crippen molar-refractivity contribution in [2.45, 2.75) is 0 Å². The van der Waals surface area contributed by atoms with Crippen LogP contribution in [0.1, 0.15) is 5.56 Å². The molecule has 5 nitrogen and oxygen atoms in total. The first kappa shape index (κ1) is 9.00. The van der Waals surface area contributed by atoms with Crippen molar-refractivity contribution in [2.75, 3.05) is 0 Å². The molecule has 0 atom stereocenters. The molecule has 0 unspecified atom stereocenters. The lowest BCUT2D eigenvalue weighted by Crippen LogP contribution is -2.13. The third-order valence-electron chi connectivity index (χ3n) is 1.33. The number of aromatic nitrogens is 2. The number of nitrogens with zero attached hydrogens (tertiary/aromatic N) is 3. The zero-order valence-corrected chi connectivity index (χ0v) is 7.06. The summed E-state index contributed by atoms with van der Waals surface area (Å²) in [5, 5.41) is 14.0. The van der Waals surface area contributed by atoms with Gasteiger partial charge in [-0.15, -0.1) is 0 Å². The fraction of sp³-hybridized carbons (Fsp3) is 0.125. The van der Waals surface area contributed by atoms with Crippen LogP contribution in [0.4, 0.5) is 0 Å². The molecule has 0 aliphatic heterocycles. The van der Waals surface area contributed by atoms with Crippen LogP contribution >= 0.6 is 0 Å². The first-order valence-electron chi connectivity index (χ1n) is 3.58. The van der Waals surface area contributed by atoms with Crippen molar-refractivity contribution in [3.63, 3.8) is 0 Å². The van der Waals surface area contributed by atoms with Crippen molar-refractivity contribution in [2.24, 2.45) is 7.05 Å². The lowest BCUT2D eigenvalue weighted by Gasteiger charge is -1.85. The van der Waals surface area contributed by atoms with E-state index in [1.807, 2.05) is 5.32 Å². The van der Waals surface area contributed by atoms with Crippen LogP contribution in [0.2, 0.25) is 0 Å². The van der Waals surface area contributed by atoms with Crippen LogP contribution in [0.25, 0.3) is 6.08 Å². The van der Waals surface area contributed by atoms with E-state index in [0.717, 1.165) is 5.56 Å². The second kappa shape index (κ2) is 4.07. The van der Waals surface area contributed by atoms with Gasteiger partial charge in [-0.3, -0.25) is 14.8 Å². The van der Waals surface area contributed by atoms with Gasteiger partial charge < -0.3 is 0 Å². The lowest BCUT2D eigenvalue weighted by atomic mass is 10.3. The second-order valence-corrected chi connectivity index (χ2v) is 2.38. The largest absolute Gasteiger partial charge is 0.275 e. The highest BCUT2D eigenvalue weighted by molar-refractivity contribution is 5.92. The summed E-state index contributed by atoms with van der Waals surface area (Å²) in [5.74, 6) is -0.439. The number of nitriles is 1. The lowest BCUT2D eigenvalue weighted by molar-refractivity contribution is -0.115. The molecule has 0 aromatic carbocycles. The van der Waals surface area contributed by atoms with Gasteiger partial charge >= 0.3 is 0 Å². The molecule has 66 valence electrons. The molecule has 0 aliphatic carbocycles. The highest BCUT2D eigenvalue weighted by Gasteiger charge is 1.93. The van der Waals surface area contributed by atoms with Crippen molar-refractivity contribution in [3.05, 3.63) is 24.0 Å². The molecular weight excluding hydrogens is 168 g/mol. The number of carbonyl (C=O) groups is 1. The van der Waals surface area contributed by atoms with Gasteiger partial charge in [-0.2, -0.15) is 10.4 Å². The number of hydrogen-bond donors (Lipinski definition) is 1. The Labute approximate surface area is 75.3 Å². The number of hydrogen-bond acceptors (Lipinski definition) is 3. The maximum Gasteiger partial charge on any atom is 0.256 e. The molecule has 0 saturated carbocycles. The summed E-state index contributed by atoms with van der Waals surface area (Å²) in [4.78, 5) is 10.8. The minimum Gasteiger partial charge on any atom is -0.275 e. The fourth-order valence-electron chi connectivity index (χ4n) is 0.795. The van der Waals surface area contributed by atoms with Crippen LogP contribution in [0.15, 0.2) is 18.5 Å². The maximum atomic E-state index is 10.8. The molecule has 0 fully saturated rings. The fourth-order valence-corrected chi connectivity index (χ4v) is 0.795. The third kappa shape index (κ3) is 2.79. The molecule has 1 aromatic heterocycles. The summed E-state index contributed by atoms with van der Waals surface area (Å²) in [7, 11) is 1.78. The Morgan fingerprint density at radius 1 is 1.85 bits per heavy atom. The first-order chi connectivity index (χ1) is 6.22. The van der Waals surface area contributed by atoms with E-state index >= 15 is 0 Å². The molecule has 0 saturated heterocycles. The Morgan fingerprint density at radius 3 is 3.15 bits per heavy atom. The van der Waals surface area contributed by atoms with Gasteiger partial charge in [-0.25, -0.2) is 0 Å². The van der Waals surface area contributed by atoms with E-state index in [4.69, 9.17) is 5.26 Å². The van der Waals surface area contributed by atoms with Crippen LogP contribution in [0.5, 0.6) is 0 Å². The van der Waals surface area contributed by atoms with Gasteiger partial charge in [-0.1, -0.05) is 0 Å². The summed E-state index contributed by atoms with van der Waals surface area (Å²) in [6.45, 7) is 0. The number of rotatable bonds is 2. The Balaban J connectivity index is 2.59. The zero-order chi connectivity index (χ0) is 9.68. The Morgan fingerprint density at radius 2 is 2.62 bits per heavy atom. The Bertz CT molecular complexity index is 372. The zero-order valence-electron chi connectivity index (χ0n) is 7.06. The smallest absolute Gasteiger partial charge is 0.256 e. The third-order valence-corrected chi connectivity index (χ3v) is 1.33. The van der Waals surface area contributed by atoms with E-state index in [0.29, 0.717) is 0 Å². The molecule has 1 rings (SSSR count). The molecule has 0 aliphatic rings. The molecule has 5 heteroatoms. The van der Waals surface area contributed by atoms with Crippen LogP contribution in [0.3, 0.4) is 0 Å². The highest BCUT2D eigenvalue weighted by atomic mass is 16.1. The van der Waals surface area contributed by atoms with Crippen molar-refractivity contribution in [1.82, 2.24) is 15.1 Å². The number of nitrogens with one attached hydrogen (secondary N) is 1. The normalized spacial score (nSPS) is 9.85. The van der Waals surface area contributed by atoms with Crippen LogP contribution < -0.4 is 5.32 Å². The summed E-state index contributed by atoms with van der Waals surface area (Å²) in [6.07, 6.45) is 7.78. The number of carbonyl (C=O) groups excluding carboxylic acids is 1. The van der Waals surface area contributed by atoms with Crippen molar-refractivity contribution in [3.8, 4) is 6.19 Å². The number of aryl methyl sites for hydroxylation is 1. The minimum atomic E-state index is -0.439. The number of amides is 1. The van der Waals surface area contributed by atoms with Gasteiger partial charge in [0.15, 0.2) is 6.19 Å². The van der Waals surface area contributed by atoms with E-state index in [9.17, 15) is 4.79 Å². The molecule has 13 heavy (non-hydrogen) atoms. The van der Waals surface area contributed by atoms with Gasteiger partial charge in [0.1, 0.15) is 0 Å². The Kier molecular flexibility index (Phi) is 2.82. The van der Waals surface area contributed by atoms with Gasteiger partial charge in [0.05, 0.1) is 6.20 Å². The maximum absolute atomic E-state index is 10.8. The van der Waals surface area contributed by atoms with Crippen LogP contribution in [-0.2, 0) is 11.8 Å². The highest BCUT2D eigenvalue weighted by Crippen LogP contribution is 1.98. The summed E-state index contributed by atoms with van der Waals surface area (Å²) < 4.78 is 1.63. The van der Waals surface area contributed by atoms with E-state index in [2.05, 4.69) is 5.10 Å². The van der Waals surface area contributed by atoms with Crippen molar-refractivity contribution < 1.29 is 4.79 Å². The van der Waals surface area contributed by atoms with Gasteiger partial charge in [-0.05, 0) is 6.08 Å². The predicted octanol–water partition coefficient (Wildman–Crippen LogP) is 0.0306. The van der Waals surface area contributed by atoms with E-state index in [1.54, 1.807) is 30.2 Å². The van der Waals surface area contributed by atoms with Crippen LogP contribution in [0, 0.1) is 11.5 Å². The topological polar surface area (TPSA) is 70.7 Å². The van der Waals surface area contributed by atoms with E-state index in [-0.39, 0.29) is 0 Å². The monoisotopic (exact) mass is 176 g/mol. The van der Waals surface area contributed by atoms with Gasteiger partial charge in [0, 0.05) is 24.9 Å². The second-order valence-electron chi connectivity index (χ2n) is 2.38.